The van der Waals surface area contributed by atoms with Gasteiger partial charge in [0, 0.05) is 5.92 Å². The van der Waals surface area contributed by atoms with Gasteiger partial charge in [-0.3, -0.25) is 9.59 Å². The number of carbonyl (C=O) groups is 4. The zero-order valence-electron chi connectivity index (χ0n) is 24.1. The summed E-state index contributed by atoms with van der Waals surface area (Å²) in [6.45, 7) is 5.50. The number of esters is 1. The van der Waals surface area contributed by atoms with Crippen molar-refractivity contribution in [3.8, 4) is 11.1 Å². The minimum absolute atomic E-state index is 0.00423. The topological polar surface area (TPSA) is 111 Å². The Labute approximate surface area is 245 Å². The fourth-order valence-corrected chi connectivity index (χ4v) is 5.00. The molecule has 1 atom stereocenters. The molecule has 0 fully saturated rings. The van der Waals surface area contributed by atoms with Gasteiger partial charge in [0.2, 0.25) is 0 Å². The second kappa shape index (κ2) is 14.3. The third kappa shape index (κ3) is 7.54. The molecule has 3 aromatic carbocycles. The molecular formula is C33H36N2O7. The highest BCUT2D eigenvalue weighted by molar-refractivity contribution is 5.92. The van der Waals surface area contributed by atoms with Gasteiger partial charge in [-0.2, -0.15) is 5.06 Å². The maximum absolute atomic E-state index is 13.7. The predicted octanol–water partition coefficient (Wildman–Crippen LogP) is 5.49. The summed E-state index contributed by atoms with van der Waals surface area (Å²) in [5.41, 5.74) is 4.58. The van der Waals surface area contributed by atoms with E-state index < -0.39 is 30.0 Å². The molecule has 0 radical (unpaired) electrons. The first-order valence-electron chi connectivity index (χ1n) is 14.1. The highest BCUT2D eigenvalue weighted by Crippen LogP contribution is 2.44. The Morgan fingerprint density at radius 1 is 0.833 bits per heavy atom. The minimum Gasteiger partial charge on any atom is -0.466 e. The highest BCUT2D eigenvalue weighted by atomic mass is 16.7. The molecule has 2 amide bonds. The molecule has 0 bridgehead atoms. The van der Waals surface area contributed by atoms with Crippen LogP contribution in [0.5, 0.6) is 0 Å². The molecule has 0 saturated heterocycles. The number of nitrogens with one attached hydrogen (secondary N) is 1. The summed E-state index contributed by atoms with van der Waals surface area (Å²) in [6, 6.07) is 23.1. The van der Waals surface area contributed by atoms with E-state index in [0.29, 0.717) is 0 Å². The Bertz CT molecular complexity index is 1360. The molecule has 0 heterocycles. The highest BCUT2D eigenvalue weighted by Gasteiger charge is 2.32. The number of fused-ring (bicyclic) bond motifs is 3. The van der Waals surface area contributed by atoms with Gasteiger partial charge in [-0.15, -0.1) is 0 Å². The monoisotopic (exact) mass is 572 g/mol. The van der Waals surface area contributed by atoms with Gasteiger partial charge < -0.3 is 19.6 Å². The van der Waals surface area contributed by atoms with E-state index >= 15 is 0 Å². The third-order valence-corrected chi connectivity index (χ3v) is 6.91. The maximum atomic E-state index is 13.7. The first kappa shape index (κ1) is 30.3. The van der Waals surface area contributed by atoms with E-state index in [4.69, 9.17) is 14.3 Å². The molecular weight excluding hydrogens is 536 g/mol. The Morgan fingerprint density at radius 3 is 2.02 bits per heavy atom. The lowest BCUT2D eigenvalue weighted by Crippen LogP contribution is -2.50. The van der Waals surface area contributed by atoms with Crippen LogP contribution in [0.1, 0.15) is 61.0 Å². The van der Waals surface area contributed by atoms with Crippen LogP contribution in [-0.2, 0) is 23.9 Å². The van der Waals surface area contributed by atoms with Crippen molar-refractivity contribution in [2.75, 3.05) is 19.8 Å². The van der Waals surface area contributed by atoms with Gasteiger partial charge in [0.25, 0.3) is 5.91 Å². The summed E-state index contributed by atoms with van der Waals surface area (Å²) < 4.78 is 10.6. The summed E-state index contributed by atoms with van der Waals surface area (Å²) in [4.78, 5) is 57.0. The molecule has 42 heavy (non-hydrogen) atoms. The minimum atomic E-state index is -1.06. The van der Waals surface area contributed by atoms with Crippen molar-refractivity contribution >= 4 is 23.9 Å². The van der Waals surface area contributed by atoms with Crippen molar-refractivity contribution < 1.29 is 33.5 Å². The summed E-state index contributed by atoms with van der Waals surface area (Å²) in [7, 11) is 0. The summed E-state index contributed by atoms with van der Waals surface area (Å²) >= 11 is 0. The molecule has 0 aliphatic heterocycles. The van der Waals surface area contributed by atoms with Crippen LogP contribution >= 0.6 is 0 Å². The van der Waals surface area contributed by atoms with Gasteiger partial charge in [-0.05, 0) is 53.6 Å². The van der Waals surface area contributed by atoms with Gasteiger partial charge in [-0.1, -0.05) is 80.6 Å². The van der Waals surface area contributed by atoms with Crippen molar-refractivity contribution in [1.82, 2.24) is 10.4 Å². The van der Waals surface area contributed by atoms with Crippen molar-refractivity contribution in [2.45, 2.75) is 45.6 Å². The van der Waals surface area contributed by atoms with Crippen molar-refractivity contribution in [1.29, 1.82) is 0 Å². The number of alkyl carbamates (subject to hydrolysis) is 1. The van der Waals surface area contributed by atoms with E-state index in [-0.39, 0.29) is 50.0 Å². The number of hydrogen-bond donors (Lipinski definition) is 1. The van der Waals surface area contributed by atoms with Crippen LogP contribution in [0.25, 0.3) is 11.1 Å². The molecule has 0 unspecified atom stereocenters. The molecule has 9 nitrogen and oxygen atoms in total. The van der Waals surface area contributed by atoms with Crippen molar-refractivity contribution in [3.63, 3.8) is 0 Å². The first-order valence-corrected chi connectivity index (χ1v) is 14.1. The first-order chi connectivity index (χ1) is 20.3. The molecule has 3 aromatic rings. The van der Waals surface area contributed by atoms with Crippen LogP contribution in [0.4, 0.5) is 4.79 Å². The molecule has 1 N–H and O–H groups in total. The number of hydroxylamine groups is 2. The average Bonchev–Trinajstić information content (AvgIpc) is 3.31. The lowest BCUT2D eigenvalue weighted by molar-refractivity contribution is -0.172. The SMILES string of the molecule is CCOC(=O)CCN(OC(=O)c1ccccc1)C(=O)[C@H](CC(C)C)NC(=O)OCC1c2ccccc2-c2ccccc21. The number of nitrogens with zero attached hydrogens (tertiary/aromatic N) is 1. The standard InChI is InChI=1S/C33H36N2O7/c1-4-40-30(36)18-19-35(42-32(38)23-12-6-5-7-13-23)31(37)29(20-22(2)3)34-33(39)41-21-28-26-16-10-8-14-24(26)25-15-9-11-17-27(25)28/h5-17,22,28-29H,4,18-21H2,1-3H3,(H,34,39)/t29-/m0/s1. The van der Waals surface area contributed by atoms with Gasteiger partial charge in [0.15, 0.2) is 0 Å². The number of amides is 2. The van der Waals surface area contributed by atoms with Gasteiger partial charge in [0.05, 0.1) is 25.1 Å². The van der Waals surface area contributed by atoms with E-state index in [1.54, 1.807) is 37.3 Å². The van der Waals surface area contributed by atoms with Crippen molar-refractivity contribution in [2.24, 2.45) is 5.92 Å². The van der Waals surface area contributed by atoms with Crippen LogP contribution < -0.4 is 5.32 Å². The van der Waals surface area contributed by atoms with E-state index in [1.807, 2.05) is 62.4 Å². The van der Waals surface area contributed by atoms with E-state index in [0.717, 1.165) is 27.3 Å². The Hall–Kier alpha value is -4.66. The number of carbonyl (C=O) groups excluding carboxylic acids is 4. The van der Waals surface area contributed by atoms with Crippen LogP contribution in [0.15, 0.2) is 78.9 Å². The van der Waals surface area contributed by atoms with Crippen LogP contribution in [0.3, 0.4) is 0 Å². The van der Waals surface area contributed by atoms with Gasteiger partial charge >= 0.3 is 18.0 Å². The maximum Gasteiger partial charge on any atom is 0.407 e. The van der Waals surface area contributed by atoms with E-state index in [2.05, 4.69) is 5.32 Å². The predicted molar refractivity (Wildman–Crippen MR) is 156 cm³/mol. The largest absolute Gasteiger partial charge is 0.466 e. The second-order valence-electron chi connectivity index (χ2n) is 10.4. The number of benzene rings is 3. The fraction of sp³-hybridized carbons (Fsp3) is 0.333. The molecule has 1 aliphatic rings. The van der Waals surface area contributed by atoms with Gasteiger partial charge in [-0.25, -0.2) is 9.59 Å². The Kier molecular flexibility index (Phi) is 10.3. The Balaban J connectivity index is 1.47. The van der Waals surface area contributed by atoms with E-state index in [9.17, 15) is 19.2 Å². The normalized spacial score (nSPS) is 12.6. The molecule has 220 valence electrons. The second-order valence-corrected chi connectivity index (χ2v) is 10.4. The van der Waals surface area contributed by atoms with Crippen LogP contribution in [0.2, 0.25) is 0 Å². The molecule has 1 aliphatic carbocycles. The zero-order valence-corrected chi connectivity index (χ0v) is 24.1. The summed E-state index contributed by atoms with van der Waals surface area (Å²) in [5, 5.41) is 3.49. The lowest BCUT2D eigenvalue weighted by atomic mass is 9.98. The molecule has 9 heteroatoms. The van der Waals surface area contributed by atoms with Crippen LogP contribution in [0, 0.1) is 5.92 Å². The summed E-state index contributed by atoms with van der Waals surface area (Å²) in [5.74, 6) is -2.13. The summed E-state index contributed by atoms with van der Waals surface area (Å²) in [6.07, 6.45) is -0.710. The Morgan fingerprint density at radius 2 is 1.43 bits per heavy atom. The fourth-order valence-electron chi connectivity index (χ4n) is 5.00. The van der Waals surface area contributed by atoms with Crippen molar-refractivity contribution in [3.05, 3.63) is 95.6 Å². The number of rotatable bonds is 11. The number of hydrogen-bond acceptors (Lipinski definition) is 7. The quantitative estimate of drug-likeness (QED) is 0.239. The molecule has 0 aromatic heterocycles. The number of ether oxygens (including phenoxy) is 2. The van der Waals surface area contributed by atoms with E-state index in [1.165, 1.54) is 0 Å². The molecule has 0 spiro atoms. The van der Waals surface area contributed by atoms with Crippen LogP contribution in [-0.4, -0.2) is 54.8 Å². The average molecular weight is 573 g/mol. The molecule has 4 rings (SSSR count). The smallest absolute Gasteiger partial charge is 0.407 e. The third-order valence-electron chi connectivity index (χ3n) is 6.91. The van der Waals surface area contributed by atoms with Gasteiger partial charge in [0.1, 0.15) is 12.6 Å². The zero-order chi connectivity index (χ0) is 30.1. The lowest BCUT2D eigenvalue weighted by Gasteiger charge is -2.27. The molecule has 0 saturated carbocycles.